The lowest BCUT2D eigenvalue weighted by atomic mass is 10.2. The molecule has 122 valence electrons. The van der Waals surface area contributed by atoms with Crippen LogP contribution in [0, 0.1) is 5.92 Å². The molecule has 0 aromatic heterocycles. The van der Waals surface area contributed by atoms with E-state index in [0.29, 0.717) is 26.3 Å². The number of nitrogens with one attached hydrogen (secondary N) is 2. The largest absolute Gasteiger partial charge is 0.490 e. The van der Waals surface area contributed by atoms with Gasteiger partial charge in [0.05, 0.1) is 19.8 Å². The second-order valence-corrected chi connectivity index (χ2v) is 5.68. The maximum absolute atomic E-state index is 11.7. The van der Waals surface area contributed by atoms with Crippen LogP contribution in [-0.2, 0) is 11.3 Å². The van der Waals surface area contributed by atoms with Crippen LogP contribution in [0.2, 0.25) is 0 Å². The van der Waals surface area contributed by atoms with Crippen LogP contribution >= 0.6 is 12.4 Å². The number of ether oxygens (including phenoxy) is 2. The number of hydrogen-bond donors (Lipinski definition) is 2. The van der Waals surface area contributed by atoms with Crippen LogP contribution < -0.4 is 20.1 Å². The monoisotopic (exact) mass is 326 g/mol. The highest BCUT2D eigenvalue weighted by atomic mass is 35.5. The van der Waals surface area contributed by atoms with E-state index in [1.165, 1.54) is 12.8 Å². The SMILES string of the molecule is Cl.O=C(CNCC1CC1)NCc1ccc2c(c1)OCCCO2. The lowest BCUT2D eigenvalue weighted by Gasteiger charge is -2.10. The molecule has 2 aliphatic rings. The topological polar surface area (TPSA) is 59.6 Å². The number of halogens is 1. The Bertz CT molecular complexity index is 506. The minimum Gasteiger partial charge on any atom is -0.490 e. The smallest absolute Gasteiger partial charge is 0.234 e. The summed E-state index contributed by atoms with van der Waals surface area (Å²) in [5.74, 6) is 2.38. The third-order valence-electron chi connectivity index (χ3n) is 3.72. The molecule has 1 aliphatic carbocycles. The number of carbonyl (C=O) groups excluding carboxylic acids is 1. The maximum atomic E-state index is 11.7. The molecule has 0 spiro atoms. The normalized spacial score (nSPS) is 16.4. The molecule has 5 nitrogen and oxygen atoms in total. The molecule has 6 heteroatoms. The molecule has 22 heavy (non-hydrogen) atoms. The Labute approximate surface area is 137 Å². The first-order valence-electron chi connectivity index (χ1n) is 7.67. The summed E-state index contributed by atoms with van der Waals surface area (Å²) < 4.78 is 11.2. The lowest BCUT2D eigenvalue weighted by molar-refractivity contribution is -0.120. The fourth-order valence-corrected chi connectivity index (χ4v) is 2.29. The van der Waals surface area contributed by atoms with Crippen molar-refractivity contribution < 1.29 is 14.3 Å². The fraction of sp³-hybridized carbons (Fsp3) is 0.562. The average molecular weight is 327 g/mol. The first kappa shape index (κ1) is 16.9. The number of rotatable bonds is 6. The molecule has 0 atom stereocenters. The fourth-order valence-electron chi connectivity index (χ4n) is 2.29. The van der Waals surface area contributed by atoms with Gasteiger partial charge >= 0.3 is 0 Å². The summed E-state index contributed by atoms with van der Waals surface area (Å²) in [4.78, 5) is 11.7. The van der Waals surface area contributed by atoms with Crippen LogP contribution in [0.4, 0.5) is 0 Å². The predicted molar refractivity (Wildman–Crippen MR) is 86.7 cm³/mol. The maximum Gasteiger partial charge on any atom is 0.234 e. The van der Waals surface area contributed by atoms with E-state index in [1.807, 2.05) is 18.2 Å². The molecule has 0 radical (unpaired) electrons. The van der Waals surface area contributed by atoms with Gasteiger partial charge in [-0.05, 0) is 43.0 Å². The van der Waals surface area contributed by atoms with Crippen LogP contribution in [0.25, 0.3) is 0 Å². The standard InChI is InChI=1S/C16H22N2O3.ClH/c19-16(11-17-9-12-2-3-12)18-10-13-4-5-14-15(8-13)21-7-1-6-20-14;/h4-5,8,12,17H,1-3,6-7,9-11H2,(H,18,19);1H. The first-order chi connectivity index (χ1) is 10.3. The van der Waals surface area contributed by atoms with Crippen LogP contribution in [0.1, 0.15) is 24.8 Å². The first-order valence-corrected chi connectivity index (χ1v) is 7.67. The predicted octanol–water partition coefficient (Wildman–Crippen LogP) is 1.89. The molecule has 0 bridgehead atoms. The summed E-state index contributed by atoms with van der Waals surface area (Å²) in [5.41, 5.74) is 1.02. The van der Waals surface area contributed by atoms with E-state index in [4.69, 9.17) is 9.47 Å². The van der Waals surface area contributed by atoms with Crippen LogP contribution in [0.3, 0.4) is 0 Å². The number of fused-ring (bicyclic) bond motifs is 1. The van der Waals surface area contributed by atoms with E-state index in [2.05, 4.69) is 10.6 Å². The van der Waals surface area contributed by atoms with E-state index in [1.54, 1.807) is 0 Å². The molecular formula is C16H23ClN2O3. The molecular weight excluding hydrogens is 304 g/mol. The highest BCUT2D eigenvalue weighted by molar-refractivity contribution is 5.85. The molecule has 1 aliphatic heterocycles. The molecule has 2 N–H and O–H groups in total. The third kappa shape index (κ3) is 5.07. The third-order valence-corrected chi connectivity index (χ3v) is 3.72. The summed E-state index contributed by atoms with van der Waals surface area (Å²) in [7, 11) is 0. The van der Waals surface area contributed by atoms with Crippen molar-refractivity contribution in [1.82, 2.24) is 10.6 Å². The van der Waals surface area contributed by atoms with Crippen molar-refractivity contribution in [3.05, 3.63) is 23.8 Å². The summed E-state index contributed by atoms with van der Waals surface area (Å²) in [6.45, 7) is 3.22. The Morgan fingerprint density at radius 1 is 1.18 bits per heavy atom. The Kier molecular flexibility index (Phi) is 6.34. The van der Waals surface area contributed by atoms with Gasteiger partial charge in [-0.15, -0.1) is 12.4 Å². The molecule has 1 saturated carbocycles. The van der Waals surface area contributed by atoms with Crippen molar-refractivity contribution in [3.63, 3.8) is 0 Å². The highest BCUT2D eigenvalue weighted by Gasteiger charge is 2.20. The lowest BCUT2D eigenvalue weighted by Crippen LogP contribution is -2.34. The van der Waals surface area contributed by atoms with Crippen molar-refractivity contribution >= 4 is 18.3 Å². The van der Waals surface area contributed by atoms with Gasteiger partial charge in [0.1, 0.15) is 0 Å². The Balaban J connectivity index is 0.00000176. The Morgan fingerprint density at radius 3 is 2.73 bits per heavy atom. The van der Waals surface area contributed by atoms with Crippen molar-refractivity contribution in [1.29, 1.82) is 0 Å². The zero-order valence-electron chi connectivity index (χ0n) is 12.6. The van der Waals surface area contributed by atoms with Gasteiger partial charge in [-0.25, -0.2) is 0 Å². The molecule has 1 aromatic carbocycles. The summed E-state index contributed by atoms with van der Waals surface area (Å²) in [5, 5.41) is 6.10. The van der Waals surface area contributed by atoms with Crippen molar-refractivity contribution in [2.45, 2.75) is 25.8 Å². The minimum atomic E-state index is 0. The molecule has 0 unspecified atom stereocenters. The Hall–Kier alpha value is -1.46. The van der Waals surface area contributed by atoms with Crippen molar-refractivity contribution in [3.8, 4) is 11.5 Å². The van der Waals surface area contributed by atoms with Gasteiger partial charge in [-0.3, -0.25) is 4.79 Å². The minimum absolute atomic E-state index is 0. The van der Waals surface area contributed by atoms with Gasteiger partial charge in [0.25, 0.3) is 0 Å². The van der Waals surface area contributed by atoms with Crippen LogP contribution in [0.15, 0.2) is 18.2 Å². The number of benzene rings is 1. The molecule has 1 fully saturated rings. The van der Waals surface area contributed by atoms with Crippen molar-refractivity contribution in [2.24, 2.45) is 5.92 Å². The van der Waals surface area contributed by atoms with Crippen LogP contribution in [0.5, 0.6) is 11.5 Å². The van der Waals surface area contributed by atoms with E-state index < -0.39 is 0 Å². The molecule has 3 rings (SSSR count). The van der Waals surface area contributed by atoms with E-state index in [9.17, 15) is 4.79 Å². The van der Waals surface area contributed by atoms with E-state index in [-0.39, 0.29) is 18.3 Å². The summed E-state index contributed by atoms with van der Waals surface area (Å²) in [6, 6.07) is 5.82. The van der Waals surface area contributed by atoms with E-state index >= 15 is 0 Å². The second-order valence-electron chi connectivity index (χ2n) is 5.68. The van der Waals surface area contributed by atoms with E-state index in [0.717, 1.165) is 35.9 Å². The van der Waals surface area contributed by atoms with Gasteiger partial charge in [0, 0.05) is 13.0 Å². The Morgan fingerprint density at radius 2 is 1.95 bits per heavy atom. The molecule has 0 saturated heterocycles. The summed E-state index contributed by atoms with van der Waals surface area (Å²) >= 11 is 0. The number of carbonyl (C=O) groups is 1. The molecule has 1 amide bonds. The van der Waals surface area contributed by atoms with Crippen LogP contribution in [-0.4, -0.2) is 32.2 Å². The number of amides is 1. The van der Waals surface area contributed by atoms with Gasteiger partial charge in [-0.2, -0.15) is 0 Å². The summed E-state index contributed by atoms with van der Waals surface area (Å²) in [6.07, 6.45) is 3.49. The van der Waals surface area contributed by atoms with Gasteiger partial charge in [0.2, 0.25) is 5.91 Å². The zero-order valence-corrected chi connectivity index (χ0v) is 13.4. The quantitative estimate of drug-likeness (QED) is 0.838. The van der Waals surface area contributed by atoms with Gasteiger partial charge in [0.15, 0.2) is 11.5 Å². The molecule has 1 aromatic rings. The van der Waals surface area contributed by atoms with Gasteiger partial charge < -0.3 is 20.1 Å². The highest BCUT2D eigenvalue weighted by Crippen LogP contribution is 2.30. The zero-order chi connectivity index (χ0) is 14.5. The number of hydrogen-bond acceptors (Lipinski definition) is 4. The average Bonchev–Trinajstić information content (AvgIpc) is 3.31. The van der Waals surface area contributed by atoms with Gasteiger partial charge in [-0.1, -0.05) is 6.07 Å². The van der Waals surface area contributed by atoms with Crippen molar-refractivity contribution in [2.75, 3.05) is 26.3 Å². The molecule has 1 heterocycles. The second kappa shape index (κ2) is 8.25.